The van der Waals surface area contributed by atoms with Crippen LogP contribution in [0.15, 0.2) is 49.1 Å². The van der Waals surface area contributed by atoms with Crippen molar-refractivity contribution in [3.63, 3.8) is 0 Å². The molecule has 0 spiro atoms. The van der Waals surface area contributed by atoms with Crippen molar-refractivity contribution in [1.82, 2.24) is 24.1 Å². The fraction of sp³-hybridized carbons (Fsp3) is 0.346. The third-order valence-corrected chi connectivity index (χ3v) is 9.15. The highest BCUT2D eigenvalue weighted by molar-refractivity contribution is 7.90. The van der Waals surface area contributed by atoms with Crippen LogP contribution in [0.2, 0.25) is 0 Å². The van der Waals surface area contributed by atoms with Crippen LogP contribution < -0.4 is 16.0 Å². The molecule has 11 nitrogen and oxygen atoms in total. The Morgan fingerprint density at radius 1 is 1.13 bits per heavy atom. The lowest BCUT2D eigenvalue weighted by Crippen LogP contribution is -2.61. The first-order chi connectivity index (χ1) is 18.3. The molecule has 3 aromatic heterocycles. The molecule has 2 aliphatic rings. The predicted octanol–water partition coefficient (Wildman–Crippen LogP) is 3.34. The average molecular weight is 530 g/mol. The van der Waals surface area contributed by atoms with Crippen LogP contribution in [0.1, 0.15) is 38.2 Å². The zero-order valence-electron chi connectivity index (χ0n) is 21.0. The van der Waals surface area contributed by atoms with Crippen molar-refractivity contribution in [3.8, 4) is 17.5 Å². The summed E-state index contributed by atoms with van der Waals surface area (Å²) in [5.74, 6) is 1.58. The number of anilines is 3. The third kappa shape index (κ3) is 4.13. The van der Waals surface area contributed by atoms with Gasteiger partial charge in [0.2, 0.25) is 0 Å². The second-order valence-corrected chi connectivity index (χ2v) is 12.1. The van der Waals surface area contributed by atoms with Gasteiger partial charge in [0.1, 0.15) is 11.6 Å². The lowest BCUT2D eigenvalue weighted by molar-refractivity contribution is 0.371. The summed E-state index contributed by atoms with van der Waals surface area (Å²) in [4.78, 5) is 15.5. The van der Waals surface area contributed by atoms with Crippen LogP contribution in [-0.2, 0) is 10.0 Å². The first-order valence-corrected chi connectivity index (χ1v) is 14.0. The van der Waals surface area contributed by atoms with Crippen molar-refractivity contribution in [2.75, 3.05) is 16.8 Å². The molecular formula is C26H27N9O2S. The van der Waals surface area contributed by atoms with E-state index in [0.717, 1.165) is 20.5 Å². The largest absolute Gasteiger partial charge is 0.353 e. The highest BCUT2D eigenvalue weighted by Gasteiger charge is 2.38. The van der Waals surface area contributed by atoms with E-state index in [0.29, 0.717) is 42.4 Å². The molecule has 0 bridgehead atoms. The molecule has 38 heavy (non-hydrogen) atoms. The number of nitrogens with two attached hydrogens (primary N) is 1. The smallest absolute Gasteiger partial charge is 0.256 e. The maximum absolute atomic E-state index is 12.5. The fourth-order valence-electron chi connectivity index (χ4n) is 4.74. The molecule has 1 aromatic carbocycles. The van der Waals surface area contributed by atoms with Crippen molar-refractivity contribution in [1.29, 1.82) is 5.26 Å². The summed E-state index contributed by atoms with van der Waals surface area (Å²) in [6, 6.07) is 10.1. The summed E-state index contributed by atoms with van der Waals surface area (Å²) in [5, 5.41) is 18.2. The van der Waals surface area contributed by atoms with Gasteiger partial charge in [-0.2, -0.15) is 14.4 Å². The van der Waals surface area contributed by atoms with Gasteiger partial charge >= 0.3 is 0 Å². The van der Waals surface area contributed by atoms with Crippen LogP contribution in [0.4, 0.5) is 17.3 Å². The van der Waals surface area contributed by atoms with E-state index in [1.165, 1.54) is 18.0 Å². The normalized spacial score (nSPS) is 19.4. The van der Waals surface area contributed by atoms with Gasteiger partial charge in [-0.3, -0.25) is 0 Å². The number of benzene rings is 1. The van der Waals surface area contributed by atoms with Gasteiger partial charge in [0.05, 0.1) is 41.4 Å². The molecule has 6 rings (SSSR count). The lowest BCUT2D eigenvalue weighted by Gasteiger charge is -2.44. The summed E-state index contributed by atoms with van der Waals surface area (Å²) in [6.45, 7) is 4.88. The van der Waals surface area contributed by atoms with E-state index in [4.69, 9.17) is 5.73 Å². The first kappa shape index (κ1) is 24.3. The van der Waals surface area contributed by atoms with Gasteiger partial charge in [-0.15, -0.1) is 0 Å². The van der Waals surface area contributed by atoms with Gasteiger partial charge in [-0.25, -0.2) is 23.4 Å². The molecule has 194 valence electrons. The molecule has 3 N–H and O–H groups in total. The molecule has 2 atom stereocenters. The Bertz CT molecular complexity index is 1690. The van der Waals surface area contributed by atoms with E-state index in [-0.39, 0.29) is 23.3 Å². The average Bonchev–Trinajstić information content (AvgIpc) is 3.65. The molecule has 4 heterocycles. The molecular weight excluding hydrogens is 502 g/mol. The van der Waals surface area contributed by atoms with Crippen molar-refractivity contribution in [2.45, 2.75) is 44.0 Å². The second-order valence-electron chi connectivity index (χ2n) is 10.1. The number of hydrogen-bond donors (Lipinski definition) is 2. The van der Waals surface area contributed by atoms with Crippen LogP contribution in [0, 0.1) is 17.2 Å². The molecule has 0 unspecified atom stereocenters. The van der Waals surface area contributed by atoms with Crippen LogP contribution in [-0.4, -0.2) is 50.5 Å². The lowest BCUT2D eigenvalue weighted by atomic mass is 9.92. The highest BCUT2D eigenvalue weighted by Crippen LogP contribution is 2.38. The van der Waals surface area contributed by atoms with Crippen molar-refractivity contribution < 1.29 is 8.42 Å². The highest BCUT2D eigenvalue weighted by atomic mass is 32.2. The SMILES string of the molecule is CC(C)c1ccc(N2C[C@H](C#N)[C@H]2N)c2cnc(Nc3ccnc(-c4cnn(S(=O)(=O)C5CC5)c4)n3)cc12. The fourth-order valence-corrected chi connectivity index (χ4v) is 6.22. The van der Waals surface area contributed by atoms with Crippen LogP contribution in [0.25, 0.3) is 22.2 Å². The van der Waals surface area contributed by atoms with Gasteiger partial charge in [0.15, 0.2) is 5.82 Å². The minimum Gasteiger partial charge on any atom is -0.353 e. The minimum atomic E-state index is -3.46. The van der Waals surface area contributed by atoms with Gasteiger partial charge in [-0.05, 0) is 47.9 Å². The van der Waals surface area contributed by atoms with Gasteiger partial charge in [0.25, 0.3) is 10.0 Å². The molecule has 0 amide bonds. The van der Waals surface area contributed by atoms with E-state index >= 15 is 0 Å². The molecule has 1 aliphatic heterocycles. The molecule has 0 radical (unpaired) electrons. The molecule has 1 saturated carbocycles. The number of aromatic nitrogens is 5. The maximum atomic E-state index is 12.5. The monoisotopic (exact) mass is 529 g/mol. The molecule has 1 aliphatic carbocycles. The standard InChI is InChI=1S/C26H27N9O2S/c1-15(2)19-5-6-22(34-13-16(10-27)25(34)28)21-12-30-24(9-20(19)21)32-23-7-8-29-26(33-23)17-11-31-35(14-17)38(36,37)18-3-4-18/h5-9,11-12,14-16,18,25H,3-4,13,28H2,1-2H3,(H,29,30,32,33)/t16-,25-/m0/s1. The zero-order chi connectivity index (χ0) is 26.6. The Labute approximate surface area is 220 Å². The Morgan fingerprint density at radius 2 is 1.95 bits per heavy atom. The molecule has 12 heteroatoms. The van der Waals surface area contributed by atoms with E-state index in [9.17, 15) is 13.7 Å². The number of nitrogens with one attached hydrogen (secondary N) is 1. The zero-order valence-corrected chi connectivity index (χ0v) is 21.8. The van der Waals surface area contributed by atoms with Crippen LogP contribution in [0.3, 0.4) is 0 Å². The third-order valence-electron chi connectivity index (χ3n) is 7.11. The van der Waals surface area contributed by atoms with E-state index in [1.54, 1.807) is 12.3 Å². The number of nitriles is 1. The quantitative estimate of drug-likeness (QED) is 0.364. The summed E-state index contributed by atoms with van der Waals surface area (Å²) in [7, 11) is -3.46. The Kier molecular flexibility index (Phi) is 5.77. The summed E-state index contributed by atoms with van der Waals surface area (Å²) in [5.41, 5.74) is 8.90. The van der Waals surface area contributed by atoms with Crippen LogP contribution >= 0.6 is 0 Å². The predicted molar refractivity (Wildman–Crippen MR) is 144 cm³/mol. The van der Waals surface area contributed by atoms with Crippen molar-refractivity contribution >= 4 is 38.1 Å². The van der Waals surface area contributed by atoms with E-state index in [2.05, 4.69) is 57.4 Å². The number of hydrogen-bond acceptors (Lipinski definition) is 10. The topological polar surface area (TPSA) is 156 Å². The Morgan fingerprint density at radius 3 is 2.66 bits per heavy atom. The number of pyridine rings is 1. The van der Waals surface area contributed by atoms with Crippen molar-refractivity contribution in [3.05, 3.63) is 54.6 Å². The minimum absolute atomic E-state index is 0.184. The summed E-state index contributed by atoms with van der Waals surface area (Å²) in [6.07, 6.45) is 7.33. The number of nitrogens with zero attached hydrogens (tertiary/aromatic N) is 7. The Hall–Kier alpha value is -4.08. The van der Waals surface area contributed by atoms with Crippen LogP contribution in [0.5, 0.6) is 0 Å². The molecule has 1 saturated heterocycles. The van der Waals surface area contributed by atoms with E-state index < -0.39 is 10.0 Å². The number of rotatable bonds is 7. The van der Waals surface area contributed by atoms with Gasteiger partial charge in [-0.1, -0.05) is 19.9 Å². The summed E-state index contributed by atoms with van der Waals surface area (Å²) >= 11 is 0. The maximum Gasteiger partial charge on any atom is 0.256 e. The van der Waals surface area contributed by atoms with Gasteiger partial charge in [0, 0.05) is 30.0 Å². The summed E-state index contributed by atoms with van der Waals surface area (Å²) < 4.78 is 26.0. The first-order valence-electron chi connectivity index (χ1n) is 12.5. The van der Waals surface area contributed by atoms with Crippen molar-refractivity contribution in [2.24, 2.45) is 11.7 Å². The number of fused-ring (bicyclic) bond motifs is 1. The van der Waals surface area contributed by atoms with E-state index in [1.807, 2.05) is 17.2 Å². The second kappa shape index (κ2) is 9.04. The Balaban J connectivity index is 1.30. The van der Waals surface area contributed by atoms with Gasteiger partial charge < -0.3 is 16.0 Å². The molecule has 2 fully saturated rings. The molecule has 4 aromatic rings.